The Bertz CT molecular complexity index is 462. The van der Waals surface area contributed by atoms with Crippen molar-refractivity contribution in [3.05, 3.63) is 29.8 Å². The summed E-state index contributed by atoms with van der Waals surface area (Å²) in [6.07, 6.45) is -0.365. The number of hydrogen-bond donors (Lipinski definition) is 1. The maximum atomic E-state index is 11.6. The van der Waals surface area contributed by atoms with Crippen LogP contribution >= 0.6 is 0 Å². The van der Waals surface area contributed by atoms with Gasteiger partial charge in [0.1, 0.15) is 0 Å². The van der Waals surface area contributed by atoms with Crippen molar-refractivity contribution in [2.45, 2.75) is 18.2 Å². The molecule has 0 unspecified atom stereocenters. The minimum Gasteiger partial charge on any atom is -0.481 e. The third kappa shape index (κ3) is 3.36. The first kappa shape index (κ1) is 11.7. The van der Waals surface area contributed by atoms with Gasteiger partial charge in [0.25, 0.3) is 0 Å². The lowest BCUT2D eigenvalue weighted by Gasteiger charge is -2.03. The Morgan fingerprint density at radius 3 is 2.60 bits per heavy atom. The van der Waals surface area contributed by atoms with Crippen LogP contribution in [0.3, 0.4) is 0 Å². The zero-order valence-electron chi connectivity index (χ0n) is 8.30. The molecule has 0 bridgehead atoms. The summed E-state index contributed by atoms with van der Waals surface area (Å²) in [6, 6.07) is 6.45. The van der Waals surface area contributed by atoms with Gasteiger partial charge in [0.2, 0.25) is 0 Å². The standard InChI is InChI=1S/C10H12O4S/c1-8-3-2-4-9(7-8)15(13,14)6-5-10(11)12/h2-4,7H,5-6H2,1H3,(H,11,12). The Hall–Kier alpha value is -1.36. The monoisotopic (exact) mass is 228 g/mol. The second kappa shape index (κ2) is 4.44. The molecule has 0 aromatic heterocycles. The molecule has 0 radical (unpaired) electrons. The lowest BCUT2D eigenvalue weighted by Crippen LogP contribution is -2.11. The van der Waals surface area contributed by atoms with Crippen LogP contribution < -0.4 is 0 Å². The molecular formula is C10H12O4S. The molecule has 82 valence electrons. The van der Waals surface area contributed by atoms with Crippen molar-refractivity contribution in [2.75, 3.05) is 5.75 Å². The summed E-state index contributed by atoms with van der Waals surface area (Å²) in [6.45, 7) is 1.79. The van der Waals surface area contributed by atoms with Gasteiger partial charge >= 0.3 is 5.97 Å². The van der Waals surface area contributed by atoms with Gasteiger partial charge in [0.05, 0.1) is 17.1 Å². The fourth-order valence-corrected chi connectivity index (χ4v) is 2.48. The van der Waals surface area contributed by atoms with E-state index in [-0.39, 0.29) is 17.1 Å². The van der Waals surface area contributed by atoms with E-state index in [0.29, 0.717) is 0 Å². The molecule has 0 amide bonds. The second-order valence-electron chi connectivity index (χ2n) is 3.28. The van der Waals surface area contributed by atoms with Crippen LogP contribution in [-0.4, -0.2) is 25.2 Å². The van der Waals surface area contributed by atoms with Crippen LogP contribution in [0.1, 0.15) is 12.0 Å². The predicted octanol–water partition coefficient (Wildman–Crippen LogP) is 1.24. The zero-order valence-corrected chi connectivity index (χ0v) is 9.12. The third-order valence-electron chi connectivity index (χ3n) is 1.93. The highest BCUT2D eigenvalue weighted by atomic mass is 32.2. The van der Waals surface area contributed by atoms with E-state index in [9.17, 15) is 13.2 Å². The van der Waals surface area contributed by atoms with Gasteiger partial charge in [-0.2, -0.15) is 0 Å². The highest BCUT2D eigenvalue weighted by Crippen LogP contribution is 2.13. The third-order valence-corrected chi connectivity index (χ3v) is 3.65. The molecule has 4 nitrogen and oxygen atoms in total. The smallest absolute Gasteiger partial charge is 0.304 e. The quantitative estimate of drug-likeness (QED) is 0.841. The number of hydrogen-bond acceptors (Lipinski definition) is 3. The number of rotatable bonds is 4. The topological polar surface area (TPSA) is 71.4 Å². The number of carboxylic acids is 1. The average Bonchev–Trinajstić information content (AvgIpc) is 2.15. The van der Waals surface area contributed by atoms with Crippen molar-refractivity contribution in [1.29, 1.82) is 0 Å². The van der Waals surface area contributed by atoms with E-state index in [1.807, 2.05) is 0 Å². The number of carbonyl (C=O) groups is 1. The molecule has 0 aliphatic heterocycles. The molecule has 0 atom stereocenters. The van der Waals surface area contributed by atoms with Gasteiger partial charge in [-0.3, -0.25) is 4.79 Å². The van der Waals surface area contributed by atoms with E-state index in [0.717, 1.165) is 5.56 Å². The van der Waals surface area contributed by atoms with Crippen LogP contribution in [0.5, 0.6) is 0 Å². The normalized spacial score (nSPS) is 11.3. The van der Waals surface area contributed by atoms with E-state index in [1.165, 1.54) is 12.1 Å². The van der Waals surface area contributed by atoms with Crippen LogP contribution in [0.4, 0.5) is 0 Å². The second-order valence-corrected chi connectivity index (χ2v) is 5.39. The molecule has 0 heterocycles. The van der Waals surface area contributed by atoms with Crippen molar-refractivity contribution in [3.8, 4) is 0 Å². The molecular weight excluding hydrogens is 216 g/mol. The van der Waals surface area contributed by atoms with E-state index < -0.39 is 15.8 Å². The molecule has 0 saturated heterocycles. The highest BCUT2D eigenvalue weighted by molar-refractivity contribution is 7.91. The molecule has 1 rings (SSSR count). The van der Waals surface area contributed by atoms with Crippen molar-refractivity contribution < 1.29 is 18.3 Å². The average molecular weight is 228 g/mol. The number of carboxylic acid groups (broad SMARTS) is 1. The first-order valence-electron chi connectivity index (χ1n) is 4.43. The minimum absolute atomic E-state index is 0.184. The Balaban J connectivity index is 2.91. The number of sulfone groups is 1. The van der Waals surface area contributed by atoms with Crippen LogP contribution in [0.15, 0.2) is 29.2 Å². The van der Waals surface area contributed by atoms with Gasteiger partial charge < -0.3 is 5.11 Å². The van der Waals surface area contributed by atoms with Crippen LogP contribution in [0.25, 0.3) is 0 Å². The van der Waals surface area contributed by atoms with Gasteiger partial charge in [-0.05, 0) is 24.6 Å². The molecule has 15 heavy (non-hydrogen) atoms. The highest BCUT2D eigenvalue weighted by Gasteiger charge is 2.15. The molecule has 1 aromatic rings. The Kier molecular flexibility index (Phi) is 3.47. The summed E-state index contributed by atoms with van der Waals surface area (Å²) in [7, 11) is -3.46. The largest absolute Gasteiger partial charge is 0.481 e. The Morgan fingerprint density at radius 2 is 2.07 bits per heavy atom. The minimum atomic E-state index is -3.46. The molecule has 0 spiro atoms. The van der Waals surface area contributed by atoms with Gasteiger partial charge in [0, 0.05) is 0 Å². The van der Waals surface area contributed by atoms with E-state index in [1.54, 1.807) is 19.1 Å². The molecule has 1 N–H and O–H groups in total. The molecule has 0 saturated carbocycles. The summed E-state index contributed by atoms with van der Waals surface area (Å²) < 4.78 is 23.3. The Labute approximate surface area is 88.5 Å². The van der Waals surface area contributed by atoms with Crippen LogP contribution in [0.2, 0.25) is 0 Å². The number of aryl methyl sites for hydroxylation is 1. The molecule has 1 aromatic carbocycles. The SMILES string of the molecule is Cc1cccc(S(=O)(=O)CCC(=O)O)c1. The molecule has 5 heteroatoms. The van der Waals surface area contributed by atoms with Crippen LogP contribution in [0, 0.1) is 6.92 Å². The summed E-state index contributed by atoms with van der Waals surface area (Å²) in [4.78, 5) is 10.5. The van der Waals surface area contributed by atoms with E-state index >= 15 is 0 Å². The fraction of sp³-hybridized carbons (Fsp3) is 0.300. The zero-order chi connectivity index (χ0) is 11.5. The lowest BCUT2D eigenvalue weighted by atomic mass is 10.2. The predicted molar refractivity (Wildman–Crippen MR) is 55.5 cm³/mol. The first-order chi connectivity index (χ1) is 6.92. The maximum absolute atomic E-state index is 11.6. The van der Waals surface area contributed by atoms with Crippen molar-refractivity contribution in [3.63, 3.8) is 0 Å². The van der Waals surface area contributed by atoms with Gasteiger partial charge in [-0.15, -0.1) is 0 Å². The summed E-state index contributed by atoms with van der Waals surface area (Å²) in [5, 5.41) is 8.41. The maximum Gasteiger partial charge on any atom is 0.304 e. The van der Waals surface area contributed by atoms with Crippen molar-refractivity contribution in [2.24, 2.45) is 0 Å². The molecule has 0 aliphatic rings. The van der Waals surface area contributed by atoms with Gasteiger partial charge in [-0.1, -0.05) is 12.1 Å². The molecule has 0 fully saturated rings. The summed E-state index contributed by atoms with van der Waals surface area (Å²) >= 11 is 0. The van der Waals surface area contributed by atoms with Crippen molar-refractivity contribution >= 4 is 15.8 Å². The Morgan fingerprint density at radius 1 is 1.40 bits per heavy atom. The fourth-order valence-electron chi connectivity index (χ4n) is 1.15. The van der Waals surface area contributed by atoms with Crippen molar-refractivity contribution in [1.82, 2.24) is 0 Å². The number of benzene rings is 1. The summed E-state index contributed by atoms with van der Waals surface area (Å²) in [5.41, 5.74) is 0.839. The molecule has 0 aliphatic carbocycles. The first-order valence-corrected chi connectivity index (χ1v) is 6.08. The van der Waals surface area contributed by atoms with Gasteiger partial charge in [-0.25, -0.2) is 8.42 Å². The van der Waals surface area contributed by atoms with E-state index in [4.69, 9.17) is 5.11 Å². The van der Waals surface area contributed by atoms with E-state index in [2.05, 4.69) is 0 Å². The number of aliphatic carboxylic acids is 1. The van der Waals surface area contributed by atoms with Crippen LogP contribution in [-0.2, 0) is 14.6 Å². The van der Waals surface area contributed by atoms with Gasteiger partial charge in [0.15, 0.2) is 9.84 Å². The summed E-state index contributed by atoms with van der Waals surface area (Å²) in [5.74, 6) is -1.46. The lowest BCUT2D eigenvalue weighted by molar-refractivity contribution is -0.136.